The van der Waals surface area contributed by atoms with E-state index in [0.29, 0.717) is 112 Å². The second-order valence-electron chi connectivity index (χ2n) is 30.1. The van der Waals surface area contributed by atoms with Crippen molar-refractivity contribution < 1.29 is 46.5 Å². The summed E-state index contributed by atoms with van der Waals surface area (Å²) in [4.78, 5) is 102. The number of amides is 3. The molecule has 0 saturated carbocycles. The number of pyridine rings is 3. The van der Waals surface area contributed by atoms with E-state index in [2.05, 4.69) is 145 Å². The molecule has 3 aliphatic rings. The molecule has 12 aromatic rings. The third kappa shape index (κ3) is 19.6. The minimum atomic E-state index is -4.74. The first kappa shape index (κ1) is 84.6. The quantitative estimate of drug-likeness (QED) is 0.0259. The Hall–Kier alpha value is -12.3. The standard InChI is InChI=1S/C28H38N10O2.C26H34N10O3.C25H29F3N10O2/c1-17(2)13-22(38-11-9-36(4)10-12-38)26(39)34-25-24-19(7-8-29-25)20(15-30-24)23-18(3)14-31-28(33-23)32-21-16-37(5)35-27(21)40-6;1-16-12-29-26(30-19-14-35(3)33-25(19)39-5)31-21(16)18-13-28-22-17(18)6-7-27-23(22)32-24(37)20(15-38-4)36-10-8-34(2)9-11-36;1-14-11-31-24(32-17-13-37(3)35-23(17)40-4)33-18(14)16-12-30-19-15(16)5-6-29-21(19)34-22(39)20(25(26,27)28)38-9-7-36(2)8-10-38/h7-8,14-17,22,30H,9-13H2,1-6H3,(H,29,34,39)(H,31,32,33);6-7,12-14,20,28H,8-11,15H2,1-5H3,(H,27,32,37)(H,29,30,31);5-6,11-13,20,30H,7-10H2,1-4H3,(H,29,34,39)(H,31,32,33)/t22-;20-;/m11./s1. The second-order valence-corrected chi connectivity index (χ2v) is 30.1. The molecule has 0 spiro atoms. The fourth-order valence-corrected chi connectivity index (χ4v) is 14.7. The van der Waals surface area contributed by atoms with Gasteiger partial charge in [-0.2, -0.15) is 13.2 Å². The lowest BCUT2D eigenvalue weighted by Gasteiger charge is -2.37. The van der Waals surface area contributed by atoms with Gasteiger partial charge in [-0.1, -0.05) is 13.8 Å². The van der Waals surface area contributed by atoms with E-state index in [1.54, 1.807) is 98.1 Å². The van der Waals surface area contributed by atoms with Crippen LogP contribution in [-0.4, -0.2) is 295 Å². The Bertz CT molecular complexity index is 5540. The maximum atomic E-state index is 14.0. The van der Waals surface area contributed by atoms with Gasteiger partial charge in [-0.15, -0.1) is 15.3 Å². The number of nitrogens with one attached hydrogen (secondary N) is 9. The Morgan fingerprint density at radius 1 is 0.454 bits per heavy atom. The topological polar surface area (TPSA) is 397 Å². The summed E-state index contributed by atoms with van der Waals surface area (Å²) in [5, 5.41) is 33.2. The van der Waals surface area contributed by atoms with Gasteiger partial charge < -0.3 is 80.5 Å². The van der Waals surface area contributed by atoms with Crippen LogP contribution >= 0.6 is 0 Å². The Morgan fingerprint density at radius 2 is 0.773 bits per heavy atom. The molecule has 3 aliphatic heterocycles. The zero-order valence-electron chi connectivity index (χ0n) is 69.3. The van der Waals surface area contributed by atoms with Crippen LogP contribution in [0.15, 0.2) is 92.6 Å². The number of hydrogen-bond donors (Lipinski definition) is 9. The molecule has 12 aromatic heterocycles. The maximum Gasteiger partial charge on any atom is 0.412 e. The fraction of sp³-hybridized carbons (Fsp3) is 0.430. The lowest BCUT2D eigenvalue weighted by molar-refractivity contribution is -0.189. The van der Waals surface area contributed by atoms with Gasteiger partial charge in [0, 0.05) is 195 Å². The predicted molar refractivity (Wildman–Crippen MR) is 447 cm³/mol. The predicted octanol–water partition coefficient (Wildman–Crippen LogP) is 8.36. The number of alkyl halides is 3. The molecule has 37 nitrogen and oxygen atoms in total. The van der Waals surface area contributed by atoms with Crippen molar-refractivity contribution in [3.8, 4) is 51.4 Å². The first-order valence-electron chi connectivity index (χ1n) is 38.9. The molecule has 9 N–H and O–H groups in total. The molecule has 0 bridgehead atoms. The number of methoxy groups -OCH3 is 4. The van der Waals surface area contributed by atoms with Gasteiger partial charge in [0.2, 0.25) is 29.7 Å². The highest BCUT2D eigenvalue weighted by Gasteiger charge is 2.49. The van der Waals surface area contributed by atoms with E-state index in [9.17, 15) is 27.6 Å². The zero-order chi connectivity index (χ0) is 84.5. The molecular formula is C79H101F3N30O7. The number of piperazine rings is 3. The minimum absolute atomic E-state index is 0.00211. The van der Waals surface area contributed by atoms with Gasteiger partial charge in [0.25, 0.3) is 23.5 Å². The number of likely N-dealkylation sites (N-methyl/N-ethyl adjacent to an activating group) is 3. The van der Waals surface area contributed by atoms with E-state index in [1.165, 1.54) is 13.3 Å². The van der Waals surface area contributed by atoms with E-state index >= 15 is 0 Å². The van der Waals surface area contributed by atoms with Gasteiger partial charge in [-0.3, -0.25) is 43.1 Å². The highest BCUT2D eigenvalue weighted by Crippen LogP contribution is 2.39. The lowest BCUT2D eigenvalue weighted by Crippen LogP contribution is -2.58. The van der Waals surface area contributed by atoms with E-state index < -0.39 is 24.2 Å². The van der Waals surface area contributed by atoms with E-state index in [-0.39, 0.29) is 36.8 Å². The van der Waals surface area contributed by atoms with Crippen LogP contribution in [0.2, 0.25) is 0 Å². The number of aryl methyl sites for hydroxylation is 6. The average molecular weight is 1640 g/mol. The first-order chi connectivity index (χ1) is 57.1. The Kier molecular flexibility index (Phi) is 26.4. The number of anilines is 9. The molecule has 3 saturated heterocycles. The van der Waals surface area contributed by atoms with Crippen LogP contribution < -0.4 is 46.1 Å². The van der Waals surface area contributed by atoms with Crippen LogP contribution in [-0.2, 0) is 40.3 Å². The zero-order valence-corrected chi connectivity index (χ0v) is 69.3. The number of aromatic amines is 3. The number of carbonyl (C=O) groups is 3. The smallest absolute Gasteiger partial charge is 0.412 e. The summed E-state index contributed by atoms with van der Waals surface area (Å²) in [5.41, 5.74) is 10.9. The van der Waals surface area contributed by atoms with Crippen LogP contribution in [0.3, 0.4) is 0 Å². The third-order valence-corrected chi connectivity index (χ3v) is 21.0. The summed E-state index contributed by atoms with van der Waals surface area (Å²) >= 11 is 0. The van der Waals surface area contributed by atoms with Crippen molar-refractivity contribution in [3.05, 3.63) is 109 Å². The molecule has 0 aliphatic carbocycles. The highest BCUT2D eigenvalue weighted by atomic mass is 19.4. The van der Waals surface area contributed by atoms with Crippen LogP contribution in [0.4, 0.5) is 65.5 Å². The molecule has 40 heteroatoms. The van der Waals surface area contributed by atoms with Gasteiger partial charge in [0.05, 0.1) is 86.2 Å². The van der Waals surface area contributed by atoms with Gasteiger partial charge in [-0.05, 0) is 89.1 Å². The van der Waals surface area contributed by atoms with Gasteiger partial charge in [-0.25, -0.2) is 44.9 Å². The average Bonchev–Trinajstić information content (AvgIpc) is 1.66. The Morgan fingerprint density at radius 3 is 1.09 bits per heavy atom. The van der Waals surface area contributed by atoms with E-state index in [1.807, 2.05) is 77.5 Å². The molecule has 3 fully saturated rings. The number of ether oxygens (including phenoxy) is 4. The summed E-state index contributed by atoms with van der Waals surface area (Å²) in [6, 6.07) is 2.65. The molecule has 1 unspecified atom stereocenters. The van der Waals surface area contributed by atoms with Crippen LogP contribution in [0.5, 0.6) is 17.6 Å². The number of fused-ring (bicyclic) bond motifs is 3. The summed E-state index contributed by atoms with van der Waals surface area (Å²) in [6.45, 7) is 18.6. The summed E-state index contributed by atoms with van der Waals surface area (Å²) in [5.74, 6) is 2.44. The molecule has 15 heterocycles. The summed E-state index contributed by atoms with van der Waals surface area (Å²) in [6.07, 6.45) is 16.9. The Balaban J connectivity index is 0.000000155. The van der Waals surface area contributed by atoms with Gasteiger partial charge in [0.15, 0.2) is 23.5 Å². The SMILES string of the molecule is COC[C@H](C(=O)Nc1nccc2c(-c3nc(Nc4cn(C)nc4OC)ncc3C)c[nH]c12)N1CCN(C)CC1.COc1nn(C)cc1Nc1ncc(C)c(-c2c[nH]c3c(NC(=O)C(N4CCN(C)CC4)C(F)(F)F)nccc23)n1.COc1nn(C)cc1Nc1ncc(C)c(-c2c[nH]c3c(NC(=O)[C@@H](CC(C)C)N4CCN(C)CC4)nccc23)n1. The highest BCUT2D eigenvalue weighted by molar-refractivity contribution is 6.08. The number of rotatable bonds is 25. The largest absolute Gasteiger partial charge is 0.478 e. The van der Waals surface area contributed by atoms with Crippen LogP contribution in [0.1, 0.15) is 37.0 Å². The number of hydrogen-bond acceptors (Lipinski definition) is 28. The Labute approximate surface area is 684 Å². The molecule has 0 aromatic carbocycles. The van der Waals surface area contributed by atoms with Crippen molar-refractivity contribution in [1.29, 1.82) is 0 Å². The van der Waals surface area contributed by atoms with Crippen molar-refractivity contribution >= 4 is 103 Å². The van der Waals surface area contributed by atoms with E-state index in [4.69, 9.17) is 28.9 Å². The number of nitrogens with zero attached hydrogens (tertiary/aromatic N) is 21. The number of aromatic nitrogens is 18. The molecule has 3 atom stereocenters. The normalized spacial score (nSPS) is 15.6. The van der Waals surface area contributed by atoms with Crippen molar-refractivity contribution in [2.75, 3.05) is 167 Å². The van der Waals surface area contributed by atoms with Gasteiger partial charge >= 0.3 is 6.18 Å². The summed E-state index contributed by atoms with van der Waals surface area (Å²) in [7, 11) is 17.7. The lowest BCUT2D eigenvalue weighted by atomic mass is 10.0. The minimum Gasteiger partial charge on any atom is -0.478 e. The van der Waals surface area contributed by atoms with E-state index in [0.717, 1.165) is 125 Å². The van der Waals surface area contributed by atoms with Gasteiger partial charge in [0.1, 0.15) is 23.1 Å². The summed E-state index contributed by atoms with van der Waals surface area (Å²) < 4.78 is 68.3. The molecule has 119 heavy (non-hydrogen) atoms. The molecule has 15 rings (SSSR count). The first-order valence-corrected chi connectivity index (χ1v) is 38.9. The van der Waals surface area contributed by atoms with Crippen LogP contribution in [0, 0.1) is 26.7 Å². The van der Waals surface area contributed by atoms with Crippen molar-refractivity contribution in [3.63, 3.8) is 0 Å². The van der Waals surface area contributed by atoms with Crippen molar-refractivity contribution in [2.45, 2.75) is 65.3 Å². The monoisotopic (exact) mass is 1640 g/mol. The maximum absolute atomic E-state index is 14.0. The molecular weight excluding hydrogens is 1540 g/mol. The van der Waals surface area contributed by atoms with Crippen molar-refractivity contribution in [1.82, 2.24) is 119 Å². The van der Waals surface area contributed by atoms with Crippen LogP contribution in [0.25, 0.3) is 66.5 Å². The fourth-order valence-electron chi connectivity index (χ4n) is 14.7. The molecule has 0 radical (unpaired) electrons. The molecule has 630 valence electrons. The number of H-pyrrole nitrogens is 3. The number of carbonyl (C=O) groups excluding carboxylic acids is 3. The second kappa shape index (κ2) is 37.1. The van der Waals surface area contributed by atoms with Crippen molar-refractivity contribution in [2.24, 2.45) is 27.1 Å². The third-order valence-electron chi connectivity index (χ3n) is 21.0. The number of halogens is 3. The molecule has 3 amide bonds.